The van der Waals surface area contributed by atoms with Crippen molar-refractivity contribution < 1.29 is 4.74 Å². The standard InChI is InChI=1S/C7H13NO/c1-6-7(2-3-9-6)4-8-5-7/h6,8H,2-5H2,1H3. The summed E-state index contributed by atoms with van der Waals surface area (Å²) in [7, 11) is 0. The van der Waals surface area contributed by atoms with Crippen LogP contribution in [0, 0.1) is 5.41 Å². The van der Waals surface area contributed by atoms with Gasteiger partial charge < -0.3 is 10.1 Å². The third-order valence-corrected chi connectivity index (χ3v) is 2.78. The van der Waals surface area contributed by atoms with E-state index in [0.29, 0.717) is 11.5 Å². The van der Waals surface area contributed by atoms with Crippen LogP contribution in [0.25, 0.3) is 0 Å². The minimum atomic E-state index is 0.499. The second kappa shape index (κ2) is 1.70. The molecule has 0 aromatic carbocycles. The first kappa shape index (κ1) is 5.69. The van der Waals surface area contributed by atoms with Gasteiger partial charge in [-0.05, 0) is 13.3 Å². The van der Waals surface area contributed by atoms with E-state index >= 15 is 0 Å². The Morgan fingerprint density at radius 3 is 2.56 bits per heavy atom. The van der Waals surface area contributed by atoms with Crippen LogP contribution in [0.3, 0.4) is 0 Å². The van der Waals surface area contributed by atoms with Crippen molar-refractivity contribution in [2.75, 3.05) is 19.7 Å². The summed E-state index contributed by atoms with van der Waals surface area (Å²) < 4.78 is 5.47. The monoisotopic (exact) mass is 127 g/mol. The zero-order chi connectivity index (χ0) is 6.32. The largest absolute Gasteiger partial charge is 0.378 e. The molecule has 0 amide bonds. The summed E-state index contributed by atoms with van der Waals surface area (Å²) in [5, 5.41) is 3.29. The van der Waals surface area contributed by atoms with E-state index in [-0.39, 0.29) is 0 Å². The summed E-state index contributed by atoms with van der Waals surface area (Å²) >= 11 is 0. The molecule has 1 spiro atoms. The molecular weight excluding hydrogens is 114 g/mol. The molecule has 0 aromatic rings. The maximum Gasteiger partial charge on any atom is 0.0628 e. The van der Waals surface area contributed by atoms with Crippen molar-refractivity contribution in [3.63, 3.8) is 0 Å². The minimum absolute atomic E-state index is 0.499. The highest BCUT2D eigenvalue weighted by atomic mass is 16.5. The molecule has 2 heterocycles. The van der Waals surface area contributed by atoms with Crippen LogP contribution in [0.4, 0.5) is 0 Å². The van der Waals surface area contributed by atoms with Crippen LogP contribution in [0.5, 0.6) is 0 Å². The molecule has 0 bridgehead atoms. The first-order valence-electron chi connectivity index (χ1n) is 3.66. The molecule has 1 N–H and O–H groups in total. The Morgan fingerprint density at radius 2 is 2.33 bits per heavy atom. The molecule has 0 radical (unpaired) electrons. The van der Waals surface area contributed by atoms with Crippen molar-refractivity contribution in [1.82, 2.24) is 5.32 Å². The van der Waals surface area contributed by atoms with E-state index in [1.165, 1.54) is 19.5 Å². The smallest absolute Gasteiger partial charge is 0.0628 e. The van der Waals surface area contributed by atoms with Gasteiger partial charge in [0.15, 0.2) is 0 Å². The Kier molecular flexibility index (Phi) is 1.08. The molecular formula is C7H13NO. The summed E-state index contributed by atoms with van der Waals surface area (Å²) in [4.78, 5) is 0. The zero-order valence-electron chi connectivity index (χ0n) is 5.81. The van der Waals surface area contributed by atoms with Gasteiger partial charge in [-0.25, -0.2) is 0 Å². The van der Waals surface area contributed by atoms with E-state index < -0.39 is 0 Å². The minimum Gasteiger partial charge on any atom is -0.378 e. The Bertz CT molecular complexity index is 120. The van der Waals surface area contributed by atoms with Gasteiger partial charge >= 0.3 is 0 Å². The lowest BCUT2D eigenvalue weighted by Gasteiger charge is -2.41. The molecule has 2 aliphatic heterocycles. The normalized spacial score (nSPS) is 39.0. The quantitative estimate of drug-likeness (QED) is 0.508. The second-order valence-electron chi connectivity index (χ2n) is 3.23. The topological polar surface area (TPSA) is 21.3 Å². The van der Waals surface area contributed by atoms with Crippen molar-refractivity contribution in [2.45, 2.75) is 19.4 Å². The number of ether oxygens (including phenoxy) is 1. The lowest BCUT2D eigenvalue weighted by molar-refractivity contribution is 0.0335. The van der Waals surface area contributed by atoms with Crippen LogP contribution in [-0.2, 0) is 4.74 Å². The van der Waals surface area contributed by atoms with E-state index in [9.17, 15) is 0 Å². The molecule has 2 nitrogen and oxygen atoms in total. The van der Waals surface area contributed by atoms with E-state index in [1.54, 1.807) is 0 Å². The molecule has 2 fully saturated rings. The van der Waals surface area contributed by atoms with Gasteiger partial charge in [-0.15, -0.1) is 0 Å². The van der Waals surface area contributed by atoms with Crippen LogP contribution in [0.1, 0.15) is 13.3 Å². The molecule has 1 unspecified atom stereocenters. The predicted molar refractivity (Wildman–Crippen MR) is 35.3 cm³/mol. The third kappa shape index (κ3) is 0.634. The van der Waals surface area contributed by atoms with Gasteiger partial charge in [0, 0.05) is 25.1 Å². The van der Waals surface area contributed by atoms with Gasteiger partial charge in [0.1, 0.15) is 0 Å². The Morgan fingerprint density at radius 1 is 1.56 bits per heavy atom. The van der Waals surface area contributed by atoms with Gasteiger partial charge in [-0.2, -0.15) is 0 Å². The summed E-state index contributed by atoms with van der Waals surface area (Å²) in [6, 6.07) is 0. The number of rotatable bonds is 0. The maximum absolute atomic E-state index is 5.47. The number of hydrogen-bond acceptors (Lipinski definition) is 2. The second-order valence-corrected chi connectivity index (χ2v) is 3.23. The fourth-order valence-corrected chi connectivity index (χ4v) is 1.73. The maximum atomic E-state index is 5.47. The Balaban J connectivity index is 2.09. The molecule has 2 heteroatoms. The summed E-state index contributed by atoms with van der Waals surface area (Å²) in [6.07, 6.45) is 1.76. The van der Waals surface area contributed by atoms with Crippen molar-refractivity contribution in [3.8, 4) is 0 Å². The van der Waals surface area contributed by atoms with Crippen LogP contribution in [-0.4, -0.2) is 25.8 Å². The van der Waals surface area contributed by atoms with Crippen molar-refractivity contribution in [3.05, 3.63) is 0 Å². The van der Waals surface area contributed by atoms with E-state index in [0.717, 1.165) is 6.61 Å². The summed E-state index contributed by atoms with van der Waals surface area (Å²) in [5.74, 6) is 0. The summed E-state index contributed by atoms with van der Waals surface area (Å²) in [6.45, 7) is 5.51. The van der Waals surface area contributed by atoms with Gasteiger partial charge in [-0.1, -0.05) is 0 Å². The van der Waals surface area contributed by atoms with E-state index in [4.69, 9.17) is 4.74 Å². The van der Waals surface area contributed by atoms with Crippen molar-refractivity contribution in [2.24, 2.45) is 5.41 Å². The third-order valence-electron chi connectivity index (χ3n) is 2.78. The highest BCUT2D eigenvalue weighted by molar-refractivity contribution is 4.99. The first-order valence-corrected chi connectivity index (χ1v) is 3.66. The lowest BCUT2D eigenvalue weighted by Crippen LogP contribution is -2.56. The van der Waals surface area contributed by atoms with Gasteiger partial charge in [0.05, 0.1) is 6.10 Å². The molecule has 2 aliphatic rings. The van der Waals surface area contributed by atoms with Crippen LogP contribution >= 0.6 is 0 Å². The van der Waals surface area contributed by atoms with Gasteiger partial charge in [0.25, 0.3) is 0 Å². The van der Waals surface area contributed by atoms with Crippen LogP contribution in [0.15, 0.2) is 0 Å². The molecule has 2 saturated heterocycles. The molecule has 0 aliphatic carbocycles. The number of hydrogen-bond donors (Lipinski definition) is 1. The van der Waals surface area contributed by atoms with Crippen LogP contribution in [0.2, 0.25) is 0 Å². The van der Waals surface area contributed by atoms with Crippen LogP contribution < -0.4 is 5.32 Å². The van der Waals surface area contributed by atoms with E-state index in [1.807, 2.05) is 0 Å². The zero-order valence-corrected chi connectivity index (χ0v) is 5.81. The molecule has 1 atom stereocenters. The highest BCUT2D eigenvalue weighted by Gasteiger charge is 2.45. The van der Waals surface area contributed by atoms with E-state index in [2.05, 4.69) is 12.2 Å². The molecule has 0 aromatic heterocycles. The van der Waals surface area contributed by atoms with Crippen molar-refractivity contribution in [1.29, 1.82) is 0 Å². The van der Waals surface area contributed by atoms with Gasteiger partial charge in [-0.3, -0.25) is 0 Å². The molecule has 52 valence electrons. The Labute approximate surface area is 55.6 Å². The Hall–Kier alpha value is -0.0800. The summed E-state index contributed by atoms with van der Waals surface area (Å²) in [5.41, 5.74) is 0.542. The first-order chi connectivity index (χ1) is 4.33. The van der Waals surface area contributed by atoms with Gasteiger partial charge in [0.2, 0.25) is 0 Å². The lowest BCUT2D eigenvalue weighted by atomic mass is 9.76. The molecule has 2 rings (SSSR count). The fourth-order valence-electron chi connectivity index (χ4n) is 1.73. The average Bonchev–Trinajstić information content (AvgIpc) is 2.07. The molecule has 9 heavy (non-hydrogen) atoms. The fraction of sp³-hybridized carbons (Fsp3) is 1.00. The predicted octanol–water partition coefficient (Wildman–Crippen LogP) is 0.385. The average molecular weight is 127 g/mol. The highest BCUT2D eigenvalue weighted by Crippen LogP contribution is 2.37. The molecule has 0 saturated carbocycles. The number of nitrogens with one attached hydrogen (secondary N) is 1. The van der Waals surface area contributed by atoms with Crippen molar-refractivity contribution >= 4 is 0 Å². The SMILES string of the molecule is CC1OCCC12CNC2.